The van der Waals surface area contributed by atoms with Crippen molar-refractivity contribution in [2.75, 3.05) is 19.8 Å². The second kappa shape index (κ2) is 20.8. The molecule has 1 aromatic carbocycles. The summed E-state index contributed by atoms with van der Waals surface area (Å²) in [6.45, 7) is 15.8. The van der Waals surface area contributed by atoms with Gasteiger partial charge in [0.1, 0.15) is 5.60 Å². The van der Waals surface area contributed by atoms with Gasteiger partial charge in [0.15, 0.2) is 0 Å². The number of rotatable bonds is 19. The number of hydrogen-bond donors (Lipinski definition) is 8. The summed E-state index contributed by atoms with van der Waals surface area (Å²) in [7, 11) is -5.22. The summed E-state index contributed by atoms with van der Waals surface area (Å²) in [5, 5.41) is 44.3. The number of benzene rings is 1. The van der Waals surface area contributed by atoms with Crippen LogP contribution < -0.4 is 0 Å². The minimum Gasteiger partial charge on any atom is -0.395 e. The van der Waals surface area contributed by atoms with Crippen LogP contribution in [0.5, 0.6) is 0 Å². The van der Waals surface area contributed by atoms with Crippen LogP contribution in [0, 0.1) is 5.41 Å². The minimum atomic E-state index is -2.61. The van der Waals surface area contributed by atoms with E-state index >= 15 is 0 Å². The molecule has 11 heteroatoms. The Balaban J connectivity index is 0.00000234. The molecular formula is C33H64O9P2. The van der Waals surface area contributed by atoms with Gasteiger partial charge in [0.05, 0.1) is 25.2 Å². The molecule has 0 fully saturated rings. The maximum Gasteiger partial charge on any atom is 0.334 e. The number of aryl methyl sites for hydroxylation is 1. The first-order valence-electron chi connectivity index (χ1n) is 16.2. The van der Waals surface area contributed by atoms with Crippen molar-refractivity contribution in [2.45, 2.75) is 149 Å². The van der Waals surface area contributed by atoms with E-state index in [2.05, 4.69) is 71.8 Å². The van der Waals surface area contributed by atoms with Crippen molar-refractivity contribution in [2.24, 2.45) is 5.41 Å². The van der Waals surface area contributed by atoms with Gasteiger partial charge in [-0.15, -0.1) is 0 Å². The Morgan fingerprint density at radius 2 is 0.977 bits per heavy atom. The van der Waals surface area contributed by atoms with Gasteiger partial charge in [-0.2, -0.15) is 0 Å². The molecule has 44 heavy (non-hydrogen) atoms. The van der Waals surface area contributed by atoms with Gasteiger partial charge in [-0.3, -0.25) is 0 Å². The van der Waals surface area contributed by atoms with Crippen LogP contribution in [0.2, 0.25) is 0 Å². The topological polar surface area (TPSA) is 171 Å². The third-order valence-electron chi connectivity index (χ3n) is 8.46. The molecule has 0 bridgehead atoms. The van der Waals surface area contributed by atoms with Crippen molar-refractivity contribution in [1.82, 2.24) is 0 Å². The quantitative estimate of drug-likeness (QED) is 0.0589. The molecule has 0 amide bonds. The van der Waals surface area contributed by atoms with Gasteiger partial charge in [0, 0.05) is 0 Å². The maximum atomic E-state index is 12.7. The lowest BCUT2D eigenvalue weighted by Gasteiger charge is -2.49. The molecule has 0 aliphatic rings. The third kappa shape index (κ3) is 13.8. The molecule has 260 valence electrons. The SMILES string of the molecule is CCCCCCCCCCCCC(O)(c1c(C(C)(C)C)cc(CC)cc1C(C)(C)C)C(CO)(CO)CO.OP(O)OP(O)O. The van der Waals surface area contributed by atoms with Crippen LogP contribution in [-0.2, 0) is 27.2 Å². The number of aliphatic hydroxyl groups excluding tert-OH is 3. The van der Waals surface area contributed by atoms with Crippen LogP contribution in [0.1, 0.15) is 148 Å². The zero-order valence-corrected chi connectivity index (χ0v) is 30.4. The summed E-state index contributed by atoms with van der Waals surface area (Å²) in [5.74, 6) is 0. The van der Waals surface area contributed by atoms with Crippen LogP contribution in [0.4, 0.5) is 0 Å². The standard InChI is InChI=1S/C33H60O4.H4O5P2/c1-9-11-12-13-14-15-16-17-18-19-20-33(37,32(23-34,24-35)25-36)29-27(30(3,4)5)21-26(10-2)22-28(29)31(6,7)8;1-6(2)5-7(3)4/h21-22,34-37H,9-20,23-25H2,1-8H3;1-4H. The second-order valence-electron chi connectivity index (χ2n) is 14.1. The molecule has 0 spiro atoms. The van der Waals surface area contributed by atoms with E-state index in [1.165, 1.54) is 50.5 Å². The van der Waals surface area contributed by atoms with Gasteiger partial charge in [0.2, 0.25) is 0 Å². The van der Waals surface area contributed by atoms with E-state index in [0.717, 1.165) is 42.4 Å². The van der Waals surface area contributed by atoms with Crippen molar-refractivity contribution in [1.29, 1.82) is 0 Å². The Morgan fingerprint density at radius 1 is 0.614 bits per heavy atom. The lowest BCUT2D eigenvalue weighted by molar-refractivity contribution is -0.165. The van der Waals surface area contributed by atoms with Crippen molar-refractivity contribution in [3.05, 3.63) is 34.4 Å². The van der Waals surface area contributed by atoms with Crippen molar-refractivity contribution >= 4 is 17.2 Å². The minimum absolute atomic E-state index is 0.265. The maximum absolute atomic E-state index is 12.7. The molecule has 0 aromatic heterocycles. The number of aliphatic hydroxyl groups is 4. The van der Waals surface area contributed by atoms with Crippen LogP contribution in [-0.4, -0.2) is 59.8 Å². The van der Waals surface area contributed by atoms with Crippen molar-refractivity contribution in [3.8, 4) is 0 Å². The summed E-state index contributed by atoms with van der Waals surface area (Å²) in [5.41, 5.74) is 0.525. The van der Waals surface area contributed by atoms with Gasteiger partial charge in [-0.25, -0.2) is 4.31 Å². The fourth-order valence-corrected chi connectivity index (χ4v) is 6.19. The Morgan fingerprint density at radius 3 is 1.25 bits per heavy atom. The van der Waals surface area contributed by atoms with E-state index in [-0.39, 0.29) is 10.8 Å². The van der Waals surface area contributed by atoms with E-state index in [9.17, 15) is 20.4 Å². The first-order valence-corrected chi connectivity index (χ1v) is 18.5. The van der Waals surface area contributed by atoms with Crippen LogP contribution in [0.25, 0.3) is 0 Å². The van der Waals surface area contributed by atoms with E-state index < -0.39 is 48.0 Å². The highest BCUT2D eigenvalue weighted by Gasteiger charge is 2.53. The highest BCUT2D eigenvalue weighted by molar-refractivity contribution is 7.53. The Hall–Kier alpha value is -0.280. The number of hydrogen-bond acceptors (Lipinski definition) is 9. The predicted octanol–water partition coefficient (Wildman–Crippen LogP) is 6.73. The van der Waals surface area contributed by atoms with Crippen molar-refractivity contribution < 1.29 is 44.3 Å². The summed E-state index contributed by atoms with van der Waals surface area (Å²) in [6, 6.07) is 4.37. The first-order chi connectivity index (χ1) is 20.4. The lowest BCUT2D eigenvalue weighted by Crippen LogP contribution is -2.55. The van der Waals surface area contributed by atoms with Gasteiger partial charge >= 0.3 is 17.2 Å². The lowest BCUT2D eigenvalue weighted by atomic mass is 9.60. The van der Waals surface area contributed by atoms with E-state index in [1.54, 1.807) is 0 Å². The van der Waals surface area contributed by atoms with Gasteiger partial charge < -0.3 is 40.0 Å². The summed E-state index contributed by atoms with van der Waals surface area (Å²) in [6.07, 6.45) is 13.1. The molecule has 0 aliphatic heterocycles. The van der Waals surface area contributed by atoms with E-state index in [0.29, 0.717) is 6.42 Å². The van der Waals surface area contributed by atoms with Crippen LogP contribution in [0.3, 0.4) is 0 Å². The van der Waals surface area contributed by atoms with Crippen LogP contribution in [0.15, 0.2) is 12.1 Å². The summed E-state index contributed by atoms with van der Waals surface area (Å²) >= 11 is 0. The molecule has 8 N–H and O–H groups in total. The van der Waals surface area contributed by atoms with Gasteiger partial charge in [-0.05, 0) is 45.9 Å². The highest BCUT2D eigenvalue weighted by atomic mass is 31.2. The average Bonchev–Trinajstić information content (AvgIpc) is 2.93. The highest BCUT2D eigenvalue weighted by Crippen LogP contribution is 2.50. The fraction of sp³-hybridized carbons (Fsp3) is 0.818. The summed E-state index contributed by atoms with van der Waals surface area (Å²) < 4.78 is 3.60. The predicted molar refractivity (Wildman–Crippen MR) is 181 cm³/mol. The zero-order chi connectivity index (χ0) is 34.2. The molecule has 9 nitrogen and oxygen atoms in total. The van der Waals surface area contributed by atoms with Crippen LogP contribution >= 0.6 is 17.2 Å². The molecule has 0 radical (unpaired) electrons. The largest absolute Gasteiger partial charge is 0.395 e. The Bertz CT molecular complexity index is 860. The Kier molecular flexibility index (Phi) is 20.7. The second-order valence-corrected chi connectivity index (χ2v) is 15.7. The molecule has 0 saturated carbocycles. The zero-order valence-electron chi connectivity index (χ0n) is 28.6. The van der Waals surface area contributed by atoms with Gasteiger partial charge in [0.25, 0.3) is 0 Å². The molecule has 1 atom stereocenters. The Labute approximate surface area is 269 Å². The molecule has 1 rings (SSSR count). The number of unbranched alkanes of at least 4 members (excludes halogenated alkanes) is 9. The molecule has 0 aliphatic carbocycles. The summed E-state index contributed by atoms with van der Waals surface area (Å²) in [4.78, 5) is 31.3. The fourth-order valence-electron chi connectivity index (χ4n) is 5.67. The van der Waals surface area contributed by atoms with Gasteiger partial charge in [-0.1, -0.05) is 132 Å². The normalized spacial score (nSPS) is 14.1. The van der Waals surface area contributed by atoms with E-state index in [1.807, 2.05) is 0 Å². The van der Waals surface area contributed by atoms with Crippen molar-refractivity contribution in [3.63, 3.8) is 0 Å². The smallest absolute Gasteiger partial charge is 0.334 e. The third-order valence-corrected chi connectivity index (χ3v) is 9.63. The average molecular weight is 667 g/mol. The molecular weight excluding hydrogens is 602 g/mol. The molecule has 1 aromatic rings. The van der Waals surface area contributed by atoms with E-state index in [4.69, 9.17) is 19.6 Å². The molecule has 0 saturated heterocycles. The molecule has 1 unspecified atom stereocenters. The molecule has 0 heterocycles. The monoisotopic (exact) mass is 666 g/mol. The first kappa shape index (κ1) is 43.7.